The van der Waals surface area contributed by atoms with Crippen molar-refractivity contribution in [3.05, 3.63) is 125 Å². The first-order chi connectivity index (χ1) is 19.1. The number of nitrogens with zero attached hydrogens (tertiary/aromatic N) is 1. The number of benzene rings is 3. The van der Waals surface area contributed by atoms with Gasteiger partial charge in [0.1, 0.15) is 0 Å². The first-order valence-corrected chi connectivity index (χ1v) is 14.6. The third kappa shape index (κ3) is 5.71. The van der Waals surface area contributed by atoms with Gasteiger partial charge in [0.05, 0.1) is 12.0 Å². The van der Waals surface area contributed by atoms with Crippen LogP contribution in [0.2, 0.25) is 0 Å². The maximum absolute atomic E-state index is 13.9. The van der Waals surface area contributed by atoms with Crippen molar-refractivity contribution in [3.63, 3.8) is 0 Å². The second-order valence-corrected chi connectivity index (χ2v) is 11.4. The van der Waals surface area contributed by atoms with Gasteiger partial charge >= 0.3 is 0 Å². The van der Waals surface area contributed by atoms with E-state index in [9.17, 15) is 9.59 Å². The Hall–Kier alpha value is -3.45. The molecule has 2 atom stereocenters. The molecule has 2 unspecified atom stereocenters. The van der Waals surface area contributed by atoms with Crippen LogP contribution in [0.25, 0.3) is 11.1 Å². The van der Waals surface area contributed by atoms with E-state index in [1.54, 1.807) is 24.3 Å². The molecule has 1 aliphatic carbocycles. The molecule has 2 N–H and O–H groups in total. The molecule has 1 saturated heterocycles. The standard InChI is InChI=1S/C32H28ClN3O2S.ClH/c33-24-16-23-18-34-19-26-20-39-15-14-36(26)30(23)29(17-24)31(37)22-10-12-25(13-11-22)35-32(38)28-9-5-4-8-27(28)21-6-2-1-3-7-21;/h1-13,16,18-19,29-30,34H,14-15,17,20H2,(H,35,38);1H. The van der Waals surface area contributed by atoms with Crippen molar-refractivity contribution in [2.75, 3.05) is 23.4 Å². The highest BCUT2D eigenvalue weighted by Gasteiger charge is 2.40. The van der Waals surface area contributed by atoms with Gasteiger partial charge in [-0.05, 0) is 59.5 Å². The molecule has 0 bridgehead atoms. The quantitative estimate of drug-likeness (QED) is 0.311. The Balaban J connectivity index is 0.00000323. The molecule has 0 spiro atoms. The zero-order valence-electron chi connectivity index (χ0n) is 21.7. The first kappa shape index (κ1) is 28.1. The smallest absolute Gasteiger partial charge is 0.256 e. The Morgan fingerprint density at radius 3 is 2.50 bits per heavy atom. The number of thioether (sulfide) groups is 1. The minimum absolute atomic E-state index is 0. The number of nitrogens with one attached hydrogen (secondary N) is 2. The van der Waals surface area contributed by atoms with Crippen molar-refractivity contribution in [1.82, 2.24) is 10.2 Å². The summed E-state index contributed by atoms with van der Waals surface area (Å²) in [5.74, 6) is 1.52. The summed E-state index contributed by atoms with van der Waals surface area (Å²) >= 11 is 8.45. The molecule has 3 aromatic rings. The number of hydrogen-bond donors (Lipinski definition) is 2. The van der Waals surface area contributed by atoms with Crippen LogP contribution in [0.3, 0.4) is 0 Å². The van der Waals surface area contributed by atoms with E-state index < -0.39 is 0 Å². The Labute approximate surface area is 249 Å². The van der Waals surface area contributed by atoms with E-state index in [1.807, 2.05) is 84.8 Å². The average molecular weight is 591 g/mol. The number of carbonyl (C=O) groups is 2. The molecule has 0 aromatic heterocycles. The summed E-state index contributed by atoms with van der Waals surface area (Å²) in [6.45, 7) is 0.894. The number of hydrogen-bond acceptors (Lipinski definition) is 5. The van der Waals surface area contributed by atoms with Crippen molar-refractivity contribution in [2.24, 2.45) is 5.92 Å². The average Bonchev–Trinajstić information content (AvgIpc) is 3.16. The van der Waals surface area contributed by atoms with Crippen LogP contribution in [0.5, 0.6) is 0 Å². The second kappa shape index (κ2) is 12.4. The Kier molecular flexibility index (Phi) is 8.69. The molecule has 40 heavy (non-hydrogen) atoms. The minimum atomic E-state index is -0.293. The molecule has 8 heteroatoms. The molecule has 5 nitrogen and oxygen atoms in total. The molecular formula is C32H29Cl2N3O2S. The van der Waals surface area contributed by atoms with Crippen LogP contribution in [-0.2, 0) is 0 Å². The number of carbonyl (C=O) groups excluding carboxylic acids is 2. The summed E-state index contributed by atoms with van der Waals surface area (Å²) in [5, 5.41) is 6.97. The van der Waals surface area contributed by atoms with E-state index in [-0.39, 0.29) is 36.1 Å². The summed E-state index contributed by atoms with van der Waals surface area (Å²) in [5.41, 5.74) is 5.94. The molecule has 6 rings (SSSR count). The Morgan fingerprint density at radius 1 is 0.950 bits per heavy atom. The maximum Gasteiger partial charge on any atom is 0.256 e. The van der Waals surface area contributed by atoms with Gasteiger partial charge in [0, 0.05) is 58.0 Å². The van der Waals surface area contributed by atoms with Gasteiger partial charge in [0.15, 0.2) is 5.78 Å². The maximum atomic E-state index is 13.9. The lowest BCUT2D eigenvalue weighted by molar-refractivity contribution is 0.0849. The van der Waals surface area contributed by atoms with Crippen LogP contribution in [0.4, 0.5) is 5.69 Å². The molecule has 1 fully saturated rings. The topological polar surface area (TPSA) is 61.4 Å². The van der Waals surface area contributed by atoms with E-state index in [4.69, 9.17) is 11.6 Å². The summed E-state index contributed by atoms with van der Waals surface area (Å²) in [7, 11) is 0. The fraction of sp³-hybridized carbons (Fsp3) is 0.188. The van der Waals surface area contributed by atoms with E-state index in [2.05, 4.69) is 15.5 Å². The van der Waals surface area contributed by atoms with Gasteiger partial charge in [0.25, 0.3) is 5.91 Å². The van der Waals surface area contributed by atoms with E-state index in [1.165, 1.54) is 5.70 Å². The van der Waals surface area contributed by atoms with Gasteiger partial charge in [-0.1, -0.05) is 60.1 Å². The Morgan fingerprint density at radius 2 is 1.70 bits per heavy atom. The van der Waals surface area contributed by atoms with Crippen LogP contribution in [0.15, 0.2) is 114 Å². The normalized spacial score (nSPS) is 19.7. The number of fused-ring (bicyclic) bond motifs is 3. The highest BCUT2D eigenvalue weighted by molar-refractivity contribution is 7.99. The highest BCUT2D eigenvalue weighted by Crippen LogP contribution is 2.39. The predicted molar refractivity (Wildman–Crippen MR) is 167 cm³/mol. The molecule has 0 saturated carbocycles. The highest BCUT2D eigenvalue weighted by atomic mass is 35.5. The van der Waals surface area contributed by atoms with Crippen molar-refractivity contribution < 1.29 is 9.59 Å². The molecule has 2 aliphatic heterocycles. The second-order valence-electron chi connectivity index (χ2n) is 9.85. The lowest BCUT2D eigenvalue weighted by atomic mass is 9.79. The summed E-state index contributed by atoms with van der Waals surface area (Å²) < 4.78 is 0. The first-order valence-electron chi connectivity index (χ1n) is 13.0. The molecular weight excluding hydrogens is 561 g/mol. The van der Waals surface area contributed by atoms with Gasteiger partial charge in [-0.3, -0.25) is 9.59 Å². The monoisotopic (exact) mass is 589 g/mol. The SMILES string of the molecule is Cl.O=C(Nc1ccc(C(=O)C2CC(Cl)=CC3=CNC=C4CSCCN4C32)cc1)c1ccccc1-c1ccccc1. The number of allylic oxidation sites excluding steroid dienone is 1. The van der Waals surface area contributed by atoms with Gasteiger partial charge in [-0.25, -0.2) is 0 Å². The third-order valence-corrected chi connectivity index (χ3v) is 8.65. The minimum Gasteiger partial charge on any atom is -0.366 e. The van der Waals surface area contributed by atoms with Crippen molar-refractivity contribution in [2.45, 2.75) is 12.5 Å². The fourth-order valence-corrected chi connectivity index (χ4v) is 6.78. The van der Waals surface area contributed by atoms with Crippen LogP contribution < -0.4 is 10.6 Å². The number of amides is 1. The predicted octanol–water partition coefficient (Wildman–Crippen LogP) is 7.10. The van der Waals surface area contributed by atoms with Crippen molar-refractivity contribution >= 4 is 53.1 Å². The van der Waals surface area contributed by atoms with Crippen LogP contribution in [0.1, 0.15) is 27.1 Å². The zero-order chi connectivity index (χ0) is 26.8. The van der Waals surface area contributed by atoms with Crippen molar-refractivity contribution in [3.8, 4) is 11.1 Å². The van der Waals surface area contributed by atoms with E-state index in [0.717, 1.165) is 34.8 Å². The lowest BCUT2D eigenvalue weighted by Crippen LogP contribution is -2.48. The van der Waals surface area contributed by atoms with Crippen LogP contribution in [0, 0.1) is 5.92 Å². The van der Waals surface area contributed by atoms with Crippen molar-refractivity contribution in [1.29, 1.82) is 0 Å². The van der Waals surface area contributed by atoms with Gasteiger partial charge in [0.2, 0.25) is 0 Å². The molecule has 1 amide bonds. The number of halogens is 2. The molecule has 3 aliphatic rings. The summed E-state index contributed by atoms with van der Waals surface area (Å²) in [4.78, 5) is 29.4. The molecule has 2 heterocycles. The van der Waals surface area contributed by atoms with Gasteiger partial charge in [-0.15, -0.1) is 12.4 Å². The molecule has 204 valence electrons. The third-order valence-electron chi connectivity index (χ3n) is 7.41. The number of anilines is 1. The number of Topliss-reactive ketones (excluding diaryl/α,β-unsaturated/α-hetero) is 1. The van der Waals surface area contributed by atoms with E-state index in [0.29, 0.717) is 28.3 Å². The van der Waals surface area contributed by atoms with Gasteiger partial charge in [-0.2, -0.15) is 11.8 Å². The zero-order valence-corrected chi connectivity index (χ0v) is 24.1. The lowest BCUT2D eigenvalue weighted by Gasteiger charge is -2.42. The summed E-state index contributed by atoms with van der Waals surface area (Å²) in [6, 6.07) is 24.6. The van der Waals surface area contributed by atoms with Crippen LogP contribution >= 0.6 is 35.8 Å². The summed E-state index contributed by atoms with van der Waals surface area (Å²) in [6.07, 6.45) is 6.50. The fourth-order valence-electron chi connectivity index (χ4n) is 5.56. The number of rotatable bonds is 5. The number of ketones is 1. The largest absolute Gasteiger partial charge is 0.366 e. The van der Waals surface area contributed by atoms with Gasteiger partial charge < -0.3 is 15.5 Å². The molecule has 0 radical (unpaired) electrons. The van der Waals surface area contributed by atoms with E-state index >= 15 is 0 Å². The Bertz CT molecular complexity index is 1500. The van der Waals surface area contributed by atoms with Crippen LogP contribution in [-0.4, -0.2) is 40.7 Å². The molecule has 3 aromatic carbocycles.